The fraction of sp³-hybridized carbons (Fsp3) is 0.364. The standard InChI is InChI=1S/C8H5Cl3O3.C3H10N2.ClHO3S/c9-4-1-6(11)7(2-5(4)10)14-3-8(12)13;1-3(5)2-4;1-5(2,3)4/h1-2H,3H2,(H,12,13);3H,2,4-5H2,1H3;(H,2,3,4). The molecule has 0 aliphatic carbocycles. The second-order valence-electron chi connectivity index (χ2n) is 4.00. The molecule has 6 N–H and O–H groups in total. The van der Waals surface area contributed by atoms with E-state index in [-0.39, 0.29) is 21.8 Å². The molecule has 24 heavy (non-hydrogen) atoms. The van der Waals surface area contributed by atoms with Crippen LogP contribution in [0.2, 0.25) is 15.1 Å². The van der Waals surface area contributed by atoms with Gasteiger partial charge in [0, 0.05) is 29.3 Å². The van der Waals surface area contributed by atoms with Gasteiger partial charge in [-0.05, 0) is 13.0 Å². The predicted octanol–water partition coefficient (Wildman–Crippen LogP) is 2.43. The zero-order chi connectivity index (χ0) is 19.5. The van der Waals surface area contributed by atoms with Crippen LogP contribution < -0.4 is 16.2 Å². The lowest BCUT2D eigenvalue weighted by molar-refractivity contribution is -0.139. The first kappa shape index (κ1) is 25.7. The van der Waals surface area contributed by atoms with E-state index in [2.05, 4.69) is 10.7 Å². The Bertz CT molecular complexity index is 619. The molecule has 0 fully saturated rings. The highest BCUT2D eigenvalue weighted by Crippen LogP contribution is 2.33. The van der Waals surface area contributed by atoms with Crippen molar-refractivity contribution >= 4 is 60.8 Å². The lowest BCUT2D eigenvalue weighted by Gasteiger charge is -2.06. The second kappa shape index (κ2) is 12.8. The van der Waals surface area contributed by atoms with Gasteiger partial charge in [-0.25, -0.2) is 4.79 Å². The largest absolute Gasteiger partial charge is 0.480 e. The van der Waals surface area contributed by atoms with Crippen molar-refractivity contribution in [3.05, 3.63) is 27.2 Å². The predicted molar refractivity (Wildman–Crippen MR) is 94.7 cm³/mol. The van der Waals surface area contributed by atoms with Crippen LogP contribution in [-0.4, -0.2) is 43.2 Å². The van der Waals surface area contributed by atoms with Crippen LogP contribution in [0.25, 0.3) is 0 Å². The molecule has 1 unspecified atom stereocenters. The lowest BCUT2D eigenvalue weighted by Crippen LogP contribution is -2.25. The summed E-state index contributed by atoms with van der Waals surface area (Å²) < 4.78 is 30.0. The summed E-state index contributed by atoms with van der Waals surface area (Å²) in [5, 5.41) is 9.14. The molecule has 13 heteroatoms. The van der Waals surface area contributed by atoms with Crippen molar-refractivity contribution in [2.24, 2.45) is 11.5 Å². The molecule has 0 spiro atoms. The molecule has 0 saturated carbocycles. The Morgan fingerprint density at radius 2 is 1.62 bits per heavy atom. The number of carboxylic acids is 1. The van der Waals surface area contributed by atoms with E-state index in [1.807, 2.05) is 6.92 Å². The van der Waals surface area contributed by atoms with Crippen molar-refractivity contribution in [3.63, 3.8) is 0 Å². The maximum Gasteiger partial charge on any atom is 0.353 e. The number of benzene rings is 1. The molecule has 0 aliphatic heterocycles. The Hall–Kier alpha value is -0.520. The summed E-state index contributed by atoms with van der Waals surface area (Å²) in [6.45, 7) is 1.98. The zero-order valence-corrected chi connectivity index (χ0v) is 16.1. The third-order valence-corrected chi connectivity index (χ3v) is 2.72. The van der Waals surface area contributed by atoms with E-state index in [4.69, 9.17) is 69.1 Å². The van der Waals surface area contributed by atoms with Gasteiger partial charge in [0.2, 0.25) is 0 Å². The number of nitrogens with two attached hydrogens (primary N) is 2. The van der Waals surface area contributed by atoms with Gasteiger partial charge in [-0.3, -0.25) is 4.55 Å². The topological polar surface area (TPSA) is 153 Å². The molecule has 0 aliphatic rings. The third-order valence-electron chi connectivity index (χ3n) is 1.70. The van der Waals surface area contributed by atoms with E-state index in [1.165, 1.54) is 12.1 Å². The summed E-state index contributed by atoms with van der Waals surface area (Å²) in [6.07, 6.45) is 0. The quantitative estimate of drug-likeness (QED) is 0.313. The van der Waals surface area contributed by atoms with Crippen molar-refractivity contribution in [2.75, 3.05) is 13.2 Å². The normalized spacial score (nSPS) is 11.3. The molecule has 140 valence electrons. The number of rotatable bonds is 4. The highest BCUT2D eigenvalue weighted by Gasteiger charge is 2.08. The summed E-state index contributed by atoms with van der Waals surface area (Å²) in [5.74, 6) is -0.893. The maximum absolute atomic E-state index is 10.2. The monoisotopic (exact) mass is 444 g/mol. The van der Waals surface area contributed by atoms with E-state index in [0.29, 0.717) is 11.6 Å². The van der Waals surface area contributed by atoms with Crippen molar-refractivity contribution in [2.45, 2.75) is 13.0 Å². The Balaban J connectivity index is 0. The Labute approximate surface area is 158 Å². The van der Waals surface area contributed by atoms with Crippen LogP contribution >= 0.6 is 45.5 Å². The third kappa shape index (κ3) is 17.8. The minimum atomic E-state index is -4.19. The van der Waals surface area contributed by atoms with Crippen LogP contribution in [0.3, 0.4) is 0 Å². The number of halogens is 4. The van der Waals surface area contributed by atoms with Crippen molar-refractivity contribution in [1.29, 1.82) is 0 Å². The van der Waals surface area contributed by atoms with E-state index in [0.717, 1.165) is 0 Å². The summed E-state index contributed by atoms with van der Waals surface area (Å²) in [5.41, 5.74) is 10.2. The Morgan fingerprint density at radius 3 is 1.96 bits per heavy atom. The highest BCUT2D eigenvalue weighted by atomic mass is 35.7. The number of hydrogen-bond acceptors (Lipinski definition) is 6. The van der Waals surface area contributed by atoms with E-state index >= 15 is 0 Å². The molecule has 0 amide bonds. The fourth-order valence-corrected chi connectivity index (χ4v) is 1.35. The van der Waals surface area contributed by atoms with Gasteiger partial charge in [0.15, 0.2) is 6.61 Å². The van der Waals surface area contributed by atoms with Crippen LogP contribution in [0.1, 0.15) is 6.92 Å². The summed E-state index contributed by atoms with van der Waals surface area (Å²) in [7, 11) is -0.137. The minimum absolute atomic E-state index is 0.162. The molecule has 1 atom stereocenters. The van der Waals surface area contributed by atoms with Crippen LogP contribution in [0.4, 0.5) is 0 Å². The van der Waals surface area contributed by atoms with Gasteiger partial charge in [0.1, 0.15) is 5.75 Å². The Morgan fingerprint density at radius 1 is 1.25 bits per heavy atom. The molecule has 1 aromatic rings. The lowest BCUT2D eigenvalue weighted by atomic mass is 10.3. The van der Waals surface area contributed by atoms with Crippen LogP contribution in [0.15, 0.2) is 12.1 Å². The first-order chi connectivity index (χ1) is 10.8. The van der Waals surface area contributed by atoms with E-state index < -0.39 is 21.9 Å². The van der Waals surface area contributed by atoms with Gasteiger partial charge in [-0.15, -0.1) is 0 Å². The van der Waals surface area contributed by atoms with Gasteiger partial charge < -0.3 is 21.3 Å². The molecular formula is C11H16Cl4N2O6S. The van der Waals surface area contributed by atoms with Crippen LogP contribution in [0.5, 0.6) is 5.75 Å². The first-order valence-corrected chi connectivity index (χ1v) is 9.29. The second-order valence-corrected chi connectivity index (χ2v) is 7.22. The van der Waals surface area contributed by atoms with Crippen molar-refractivity contribution in [3.8, 4) is 5.75 Å². The summed E-state index contributed by atoms with van der Waals surface area (Å²) in [4.78, 5) is 10.2. The zero-order valence-electron chi connectivity index (χ0n) is 12.2. The molecule has 0 radical (unpaired) electrons. The number of ether oxygens (including phenoxy) is 1. The van der Waals surface area contributed by atoms with Crippen molar-refractivity contribution < 1.29 is 27.6 Å². The summed E-state index contributed by atoms with van der Waals surface area (Å²) >= 11 is 17.1. The molecule has 1 rings (SSSR count). The molecule has 0 aromatic heterocycles. The number of carbonyl (C=O) groups is 1. The fourth-order valence-electron chi connectivity index (χ4n) is 0.754. The molecule has 0 heterocycles. The SMILES string of the molecule is CC(N)CN.O=C(O)COc1cc(Cl)c(Cl)cc1Cl.O=S(=O)(O)Cl. The average Bonchev–Trinajstić information content (AvgIpc) is 2.40. The van der Waals surface area contributed by atoms with Crippen molar-refractivity contribution in [1.82, 2.24) is 0 Å². The van der Waals surface area contributed by atoms with Gasteiger partial charge in [-0.1, -0.05) is 34.8 Å². The maximum atomic E-state index is 10.2. The first-order valence-electron chi connectivity index (χ1n) is 5.89. The van der Waals surface area contributed by atoms with Gasteiger partial charge in [-0.2, -0.15) is 8.42 Å². The average molecular weight is 446 g/mol. The minimum Gasteiger partial charge on any atom is -0.480 e. The molecule has 1 aromatic carbocycles. The number of aliphatic carboxylic acids is 1. The van der Waals surface area contributed by atoms with E-state index in [9.17, 15) is 4.79 Å². The smallest absolute Gasteiger partial charge is 0.353 e. The van der Waals surface area contributed by atoms with Gasteiger partial charge >= 0.3 is 15.3 Å². The van der Waals surface area contributed by atoms with E-state index in [1.54, 1.807) is 0 Å². The van der Waals surface area contributed by atoms with Crippen LogP contribution in [0, 0.1) is 0 Å². The molecular weight excluding hydrogens is 430 g/mol. The molecule has 0 saturated heterocycles. The number of carboxylic acid groups (broad SMARTS) is 1. The summed E-state index contributed by atoms with van der Waals surface area (Å²) in [6, 6.07) is 2.92. The number of hydrogen-bond donors (Lipinski definition) is 4. The highest BCUT2D eigenvalue weighted by molar-refractivity contribution is 8.09. The van der Waals surface area contributed by atoms with Crippen LogP contribution in [-0.2, 0) is 14.1 Å². The molecule has 8 nitrogen and oxygen atoms in total. The van der Waals surface area contributed by atoms with Gasteiger partial charge in [0.05, 0.1) is 15.1 Å². The molecule has 0 bridgehead atoms. The van der Waals surface area contributed by atoms with Gasteiger partial charge in [0.25, 0.3) is 0 Å². The Kier molecular flexibility index (Phi) is 13.7.